The van der Waals surface area contributed by atoms with Crippen molar-refractivity contribution in [2.75, 3.05) is 23.8 Å². The molecule has 0 saturated heterocycles. The van der Waals surface area contributed by atoms with Crippen molar-refractivity contribution in [2.45, 2.75) is 20.3 Å². The van der Waals surface area contributed by atoms with E-state index in [1.165, 1.54) is 0 Å². The third kappa shape index (κ3) is 4.69. The molecule has 17 heavy (non-hydrogen) atoms. The third-order valence-electron chi connectivity index (χ3n) is 2.45. The number of anilines is 1. The Morgan fingerprint density at radius 3 is 2.88 bits per heavy atom. The van der Waals surface area contributed by atoms with Crippen molar-refractivity contribution in [2.24, 2.45) is 0 Å². The average Bonchev–Trinajstić information content (AvgIpc) is 2.28. The molecule has 0 aliphatic rings. The van der Waals surface area contributed by atoms with Gasteiger partial charge in [0.1, 0.15) is 0 Å². The molecule has 1 rings (SSSR count). The first-order valence-electron chi connectivity index (χ1n) is 5.87. The van der Waals surface area contributed by atoms with Crippen molar-refractivity contribution in [3.8, 4) is 0 Å². The van der Waals surface area contributed by atoms with Crippen molar-refractivity contribution in [1.82, 2.24) is 5.32 Å². The number of carbonyl (C=O) groups excluding carboxylic acids is 1. The largest absolute Gasteiger partial charge is 0.399 e. The van der Waals surface area contributed by atoms with Gasteiger partial charge in [-0.05, 0) is 48.6 Å². The fourth-order valence-electron chi connectivity index (χ4n) is 1.56. The summed E-state index contributed by atoms with van der Waals surface area (Å²) in [6.07, 6.45) is 1.01. The van der Waals surface area contributed by atoms with Crippen LogP contribution in [0.1, 0.15) is 29.3 Å². The number of rotatable bonds is 6. The molecular formula is C13H20N2OS. The molecule has 1 amide bonds. The van der Waals surface area contributed by atoms with Gasteiger partial charge in [-0.25, -0.2) is 0 Å². The zero-order chi connectivity index (χ0) is 12.7. The minimum absolute atomic E-state index is 0.0102. The molecule has 3 nitrogen and oxygen atoms in total. The number of benzene rings is 1. The fourth-order valence-corrected chi connectivity index (χ4v) is 2.19. The number of aryl methyl sites for hydroxylation is 1. The molecule has 94 valence electrons. The Morgan fingerprint density at radius 2 is 2.24 bits per heavy atom. The summed E-state index contributed by atoms with van der Waals surface area (Å²) >= 11 is 1.89. The van der Waals surface area contributed by atoms with Crippen LogP contribution in [0, 0.1) is 6.92 Å². The Labute approximate surface area is 107 Å². The Hall–Kier alpha value is -1.16. The highest BCUT2D eigenvalue weighted by molar-refractivity contribution is 7.99. The summed E-state index contributed by atoms with van der Waals surface area (Å²) in [5.74, 6) is 2.21. The van der Waals surface area contributed by atoms with Gasteiger partial charge in [-0.15, -0.1) is 0 Å². The predicted molar refractivity (Wildman–Crippen MR) is 75.5 cm³/mol. The molecule has 1 aromatic carbocycles. The second-order valence-corrected chi connectivity index (χ2v) is 5.27. The average molecular weight is 252 g/mol. The summed E-state index contributed by atoms with van der Waals surface area (Å²) in [5.41, 5.74) is 7.97. The molecule has 0 bridgehead atoms. The molecule has 0 saturated carbocycles. The van der Waals surface area contributed by atoms with E-state index in [9.17, 15) is 4.79 Å². The zero-order valence-electron chi connectivity index (χ0n) is 10.5. The van der Waals surface area contributed by atoms with Crippen LogP contribution >= 0.6 is 11.8 Å². The lowest BCUT2D eigenvalue weighted by molar-refractivity contribution is 0.0953. The van der Waals surface area contributed by atoms with Crippen LogP contribution in [0.4, 0.5) is 5.69 Å². The lowest BCUT2D eigenvalue weighted by atomic mass is 10.1. The highest BCUT2D eigenvalue weighted by atomic mass is 32.2. The van der Waals surface area contributed by atoms with E-state index in [1.807, 2.05) is 24.8 Å². The second-order valence-electron chi connectivity index (χ2n) is 3.88. The SMILES string of the molecule is CCSCCCNC(=O)c1ccc(N)cc1C. The van der Waals surface area contributed by atoms with Crippen molar-refractivity contribution in [3.63, 3.8) is 0 Å². The summed E-state index contributed by atoms with van der Waals surface area (Å²) in [7, 11) is 0. The van der Waals surface area contributed by atoms with Gasteiger partial charge < -0.3 is 11.1 Å². The monoisotopic (exact) mass is 252 g/mol. The number of nitrogens with one attached hydrogen (secondary N) is 1. The molecule has 3 N–H and O–H groups in total. The van der Waals surface area contributed by atoms with Crippen LogP contribution in [0.5, 0.6) is 0 Å². The van der Waals surface area contributed by atoms with E-state index >= 15 is 0 Å². The Balaban J connectivity index is 2.42. The van der Waals surface area contributed by atoms with Crippen LogP contribution in [-0.2, 0) is 0 Å². The molecule has 0 spiro atoms. The number of hydrogen-bond donors (Lipinski definition) is 2. The molecule has 1 aromatic rings. The molecule has 0 heterocycles. The standard InChI is InChI=1S/C13H20N2OS/c1-3-17-8-4-7-15-13(16)12-6-5-11(14)9-10(12)2/h5-6,9H,3-4,7-8,14H2,1-2H3,(H,15,16). The fraction of sp³-hybridized carbons (Fsp3) is 0.462. The maximum absolute atomic E-state index is 11.9. The van der Waals surface area contributed by atoms with E-state index in [-0.39, 0.29) is 5.91 Å². The van der Waals surface area contributed by atoms with Gasteiger partial charge >= 0.3 is 0 Å². The highest BCUT2D eigenvalue weighted by Gasteiger charge is 2.07. The molecule has 0 aliphatic carbocycles. The van der Waals surface area contributed by atoms with E-state index in [2.05, 4.69) is 12.2 Å². The van der Waals surface area contributed by atoms with Gasteiger partial charge in [0, 0.05) is 17.8 Å². The van der Waals surface area contributed by atoms with Gasteiger partial charge in [0.05, 0.1) is 0 Å². The summed E-state index contributed by atoms with van der Waals surface area (Å²) in [6.45, 7) is 4.77. The van der Waals surface area contributed by atoms with Gasteiger partial charge in [-0.1, -0.05) is 6.92 Å². The molecule has 0 atom stereocenters. The first-order chi connectivity index (χ1) is 8.15. The number of thioether (sulfide) groups is 1. The normalized spacial score (nSPS) is 10.2. The van der Waals surface area contributed by atoms with Crippen molar-refractivity contribution in [3.05, 3.63) is 29.3 Å². The van der Waals surface area contributed by atoms with Gasteiger partial charge in [0.2, 0.25) is 0 Å². The summed E-state index contributed by atoms with van der Waals surface area (Å²) < 4.78 is 0. The van der Waals surface area contributed by atoms with E-state index in [4.69, 9.17) is 5.73 Å². The number of nitrogen functional groups attached to an aromatic ring is 1. The van der Waals surface area contributed by atoms with E-state index in [0.717, 1.165) is 30.0 Å². The number of nitrogens with two attached hydrogens (primary N) is 1. The molecular weight excluding hydrogens is 232 g/mol. The predicted octanol–water partition coefficient (Wildman–Crippen LogP) is 2.45. The zero-order valence-corrected chi connectivity index (χ0v) is 11.3. The lowest BCUT2D eigenvalue weighted by Gasteiger charge is -2.08. The minimum atomic E-state index is -0.0102. The Kier molecular flexibility index (Phi) is 5.91. The molecule has 0 fully saturated rings. The van der Waals surface area contributed by atoms with Crippen molar-refractivity contribution in [1.29, 1.82) is 0 Å². The summed E-state index contributed by atoms with van der Waals surface area (Å²) in [6, 6.07) is 5.36. The van der Waals surface area contributed by atoms with E-state index in [1.54, 1.807) is 12.1 Å². The maximum Gasteiger partial charge on any atom is 0.251 e. The van der Waals surface area contributed by atoms with Crippen molar-refractivity contribution < 1.29 is 4.79 Å². The second kappa shape index (κ2) is 7.22. The molecule has 0 aliphatic heterocycles. The topological polar surface area (TPSA) is 55.1 Å². The van der Waals surface area contributed by atoms with E-state index in [0.29, 0.717) is 11.3 Å². The van der Waals surface area contributed by atoms with Crippen LogP contribution in [0.2, 0.25) is 0 Å². The first-order valence-corrected chi connectivity index (χ1v) is 7.02. The molecule has 0 aromatic heterocycles. The maximum atomic E-state index is 11.9. The minimum Gasteiger partial charge on any atom is -0.399 e. The van der Waals surface area contributed by atoms with Crippen LogP contribution in [0.15, 0.2) is 18.2 Å². The lowest BCUT2D eigenvalue weighted by Crippen LogP contribution is -2.25. The number of hydrogen-bond acceptors (Lipinski definition) is 3. The molecule has 0 radical (unpaired) electrons. The third-order valence-corrected chi connectivity index (χ3v) is 3.44. The van der Waals surface area contributed by atoms with Crippen LogP contribution in [0.25, 0.3) is 0 Å². The number of amides is 1. The quantitative estimate of drug-likeness (QED) is 0.604. The van der Waals surface area contributed by atoms with Crippen LogP contribution < -0.4 is 11.1 Å². The Bertz CT molecular complexity index is 380. The summed E-state index contributed by atoms with van der Waals surface area (Å²) in [5, 5.41) is 2.93. The van der Waals surface area contributed by atoms with Crippen LogP contribution in [0.3, 0.4) is 0 Å². The van der Waals surface area contributed by atoms with E-state index < -0.39 is 0 Å². The highest BCUT2D eigenvalue weighted by Crippen LogP contribution is 2.12. The van der Waals surface area contributed by atoms with Gasteiger partial charge in [0.25, 0.3) is 5.91 Å². The van der Waals surface area contributed by atoms with Crippen molar-refractivity contribution >= 4 is 23.4 Å². The molecule has 0 unspecified atom stereocenters. The number of carbonyl (C=O) groups is 1. The van der Waals surface area contributed by atoms with Gasteiger partial charge in [0.15, 0.2) is 0 Å². The Morgan fingerprint density at radius 1 is 1.47 bits per heavy atom. The smallest absolute Gasteiger partial charge is 0.251 e. The van der Waals surface area contributed by atoms with Crippen LogP contribution in [-0.4, -0.2) is 24.0 Å². The summed E-state index contributed by atoms with van der Waals surface area (Å²) in [4.78, 5) is 11.9. The van der Waals surface area contributed by atoms with Gasteiger partial charge in [-0.2, -0.15) is 11.8 Å². The van der Waals surface area contributed by atoms with Gasteiger partial charge in [-0.3, -0.25) is 4.79 Å². The molecule has 4 heteroatoms. The first kappa shape index (κ1) is 13.9.